The fourth-order valence-electron chi connectivity index (χ4n) is 0.874. The van der Waals surface area contributed by atoms with Crippen LogP contribution in [0.25, 0.3) is 0 Å². The minimum atomic E-state index is 0. The van der Waals surface area contributed by atoms with E-state index in [4.69, 9.17) is 0 Å². The Balaban J connectivity index is 0.000001000. The number of rotatable bonds is 1. The van der Waals surface area contributed by atoms with Crippen molar-refractivity contribution in [2.75, 3.05) is 0 Å². The van der Waals surface area contributed by atoms with Crippen LogP contribution in [0.4, 0.5) is 0 Å². The first kappa shape index (κ1) is 11.9. The molecular formula is C10H13K. The summed E-state index contributed by atoms with van der Waals surface area (Å²) >= 11 is 0. The van der Waals surface area contributed by atoms with Gasteiger partial charge in [0, 0.05) is 0 Å². The van der Waals surface area contributed by atoms with Crippen molar-refractivity contribution in [2.24, 2.45) is 0 Å². The summed E-state index contributed by atoms with van der Waals surface area (Å²) in [5.41, 5.74) is 2.58. The largest absolute Gasteiger partial charge is 1.00 e. The van der Waals surface area contributed by atoms with Crippen molar-refractivity contribution >= 4 is 0 Å². The van der Waals surface area contributed by atoms with Crippen LogP contribution >= 0.6 is 0 Å². The van der Waals surface area contributed by atoms with E-state index in [-0.39, 0.29) is 51.4 Å². The van der Waals surface area contributed by atoms with Gasteiger partial charge in [-0.2, -0.15) is 35.4 Å². The molecular weight excluding hydrogens is 159 g/mol. The molecule has 0 saturated carbocycles. The molecule has 1 rings (SSSR count). The Labute approximate surface area is 112 Å². The summed E-state index contributed by atoms with van der Waals surface area (Å²) in [4.78, 5) is 0. The number of benzene rings is 1. The zero-order valence-corrected chi connectivity index (χ0v) is 10.9. The Bertz CT molecular complexity index is 199. The Morgan fingerprint density at radius 1 is 1.27 bits per heavy atom. The van der Waals surface area contributed by atoms with Crippen LogP contribution in [0.1, 0.15) is 30.9 Å². The van der Waals surface area contributed by atoms with Gasteiger partial charge in [0.1, 0.15) is 0 Å². The van der Waals surface area contributed by atoms with Crippen molar-refractivity contribution in [3.8, 4) is 0 Å². The first-order valence-corrected chi connectivity index (χ1v) is 3.68. The van der Waals surface area contributed by atoms with Gasteiger partial charge in [-0.25, -0.2) is 0 Å². The smallest absolute Gasteiger partial charge is 0.180 e. The van der Waals surface area contributed by atoms with Crippen LogP contribution in [-0.4, -0.2) is 0 Å². The second kappa shape index (κ2) is 5.49. The molecule has 0 bridgehead atoms. The van der Waals surface area contributed by atoms with Gasteiger partial charge < -0.3 is 0 Å². The number of aryl methyl sites for hydroxylation is 1. The summed E-state index contributed by atoms with van der Waals surface area (Å²) in [7, 11) is 0. The van der Waals surface area contributed by atoms with Crippen LogP contribution in [-0.2, 0) is 0 Å². The normalized spacial score (nSPS) is 9.45. The van der Waals surface area contributed by atoms with Crippen LogP contribution in [0, 0.1) is 13.0 Å². The van der Waals surface area contributed by atoms with Crippen molar-refractivity contribution < 1.29 is 51.4 Å². The summed E-state index contributed by atoms with van der Waals surface area (Å²) in [5, 5.41) is 0. The zero-order valence-electron chi connectivity index (χ0n) is 7.81. The molecule has 0 aromatic heterocycles. The van der Waals surface area contributed by atoms with Gasteiger partial charge in [-0.15, -0.1) is 0 Å². The minimum absolute atomic E-state index is 0. The van der Waals surface area contributed by atoms with Gasteiger partial charge in [0.05, 0.1) is 0 Å². The first-order chi connectivity index (χ1) is 4.70. The number of hydrogen-bond acceptors (Lipinski definition) is 0. The van der Waals surface area contributed by atoms with E-state index < -0.39 is 0 Å². The van der Waals surface area contributed by atoms with Gasteiger partial charge in [-0.1, -0.05) is 26.7 Å². The molecule has 0 unspecified atom stereocenters. The number of hydrogen-bond donors (Lipinski definition) is 0. The van der Waals surface area contributed by atoms with Gasteiger partial charge in [-0.3, -0.25) is 0 Å². The maximum atomic E-state index is 3.18. The summed E-state index contributed by atoms with van der Waals surface area (Å²) in [6, 6.07) is 9.52. The first-order valence-electron chi connectivity index (χ1n) is 3.68. The summed E-state index contributed by atoms with van der Waals surface area (Å²) in [6.45, 7) is 6.45. The van der Waals surface area contributed by atoms with Gasteiger partial charge in [0.15, 0.2) is 0 Å². The molecule has 1 aromatic carbocycles. The molecule has 0 fully saturated rings. The Morgan fingerprint density at radius 2 is 1.91 bits per heavy atom. The summed E-state index contributed by atoms with van der Waals surface area (Å²) < 4.78 is 0. The van der Waals surface area contributed by atoms with E-state index in [9.17, 15) is 0 Å². The van der Waals surface area contributed by atoms with Crippen LogP contribution in [0.5, 0.6) is 0 Å². The molecule has 0 aliphatic rings. The van der Waals surface area contributed by atoms with Crippen LogP contribution in [0.15, 0.2) is 18.2 Å². The molecule has 0 N–H and O–H groups in total. The van der Waals surface area contributed by atoms with Gasteiger partial charge in [0.2, 0.25) is 0 Å². The SMILES string of the molecule is Cc1[c-]cc(C(C)C)cc1.[K+]. The van der Waals surface area contributed by atoms with Crippen molar-refractivity contribution in [1.29, 1.82) is 0 Å². The van der Waals surface area contributed by atoms with Gasteiger partial charge in [0.25, 0.3) is 0 Å². The molecule has 0 radical (unpaired) electrons. The standard InChI is InChI=1S/C10H13.K/c1-8(2)10-6-4-9(3)5-7-10;/h4,6-8H,1-3H3;/q-1;+1. The molecule has 1 aromatic rings. The quantitative estimate of drug-likeness (QED) is 0.411. The van der Waals surface area contributed by atoms with Crippen molar-refractivity contribution in [3.05, 3.63) is 35.4 Å². The molecule has 54 valence electrons. The van der Waals surface area contributed by atoms with Crippen molar-refractivity contribution in [2.45, 2.75) is 26.7 Å². The predicted octanol–water partition coefficient (Wildman–Crippen LogP) is -0.0774. The molecule has 0 spiro atoms. The Kier molecular flexibility index (Phi) is 5.92. The third-order valence-corrected chi connectivity index (χ3v) is 1.66. The maximum absolute atomic E-state index is 3.18. The van der Waals surface area contributed by atoms with Crippen molar-refractivity contribution in [3.63, 3.8) is 0 Å². The maximum Gasteiger partial charge on any atom is 1.00 e. The average molecular weight is 172 g/mol. The van der Waals surface area contributed by atoms with Crippen LogP contribution in [0.3, 0.4) is 0 Å². The van der Waals surface area contributed by atoms with E-state index in [2.05, 4.69) is 45.0 Å². The van der Waals surface area contributed by atoms with Gasteiger partial charge in [-0.05, 0) is 0 Å². The molecule has 1 heteroatoms. The average Bonchev–Trinajstić information content (AvgIpc) is 1.88. The monoisotopic (exact) mass is 172 g/mol. The molecule has 11 heavy (non-hydrogen) atoms. The molecule has 0 aliphatic carbocycles. The van der Waals surface area contributed by atoms with E-state index in [1.807, 2.05) is 0 Å². The van der Waals surface area contributed by atoms with E-state index in [0.717, 1.165) is 0 Å². The molecule has 0 saturated heterocycles. The second-order valence-electron chi connectivity index (χ2n) is 2.96. The van der Waals surface area contributed by atoms with Crippen LogP contribution in [0.2, 0.25) is 0 Å². The fraction of sp³-hybridized carbons (Fsp3) is 0.400. The predicted molar refractivity (Wildman–Crippen MR) is 44.1 cm³/mol. The Hall–Kier alpha value is 0.856. The summed E-state index contributed by atoms with van der Waals surface area (Å²) in [5.74, 6) is 0.622. The minimum Gasteiger partial charge on any atom is -0.180 e. The third-order valence-electron chi connectivity index (χ3n) is 1.66. The van der Waals surface area contributed by atoms with Crippen molar-refractivity contribution in [1.82, 2.24) is 0 Å². The van der Waals surface area contributed by atoms with E-state index in [1.54, 1.807) is 0 Å². The van der Waals surface area contributed by atoms with Crippen LogP contribution < -0.4 is 51.4 Å². The van der Waals surface area contributed by atoms with E-state index in [0.29, 0.717) is 5.92 Å². The third kappa shape index (κ3) is 3.86. The molecule has 0 heterocycles. The topological polar surface area (TPSA) is 0 Å². The summed E-state index contributed by atoms with van der Waals surface area (Å²) in [6.07, 6.45) is 0. The van der Waals surface area contributed by atoms with E-state index >= 15 is 0 Å². The molecule has 0 atom stereocenters. The molecule has 0 amide bonds. The second-order valence-corrected chi connectivity index (χ2v) is 2.96. The molecule has 0 nitrogen and oxygen atoms in total. The Morgan fingerprint density at radius 3 is 2.27 bits per heavy atom. The van der Waals surface area contributed by atoms with E-state index in [1.165, 1.54) is 11.1 Å². The zero-order chi connectivity index (χ0) is 7.56. The molecule has 0 aliphatic heterocycles. The van der Waals surface area contributed by atoms with Gasteiger partial charge >= 0.3 is 51.4 Å². The fourth-order valence-corrected chi connectivity index (χ4v) is 0.874.